The molecule has 60 valence electrons. The highest BCUT2D eigenvalue weighted by Gasteiger charge is 2.23. The molecule has 0 bridgehead atoms. The molecule has 11 heavy (non-hydrogen) atoms. The number of hydrogen-bond donors (Lipinski definition) is 1. The lowest BCUT2D eigenvalue weighted by molar-refractivity contribution is 0.591. The second-order valence-electron chi connectivity index (χ2n) is 3.61. The van der Waals surface area contributed by atoms with Crippen molar-refractivity contribution in [1.82, 2.24) is 10.2 Å². The average molecular weight is 150 g/mol. The fraction of sp³-hybridized carbons (Fsp3) is 0.667. The van der Waals surface area contributed by atoms with Gasteiger partial charge in [-0.2, -0.15) is 5.10 Å². The van der Waals surface area contributed by atoms with Crippen LogP contribution in [-0.2, 0) is 0 Å². The Bertz CT molecular complexity index is 215. The van der Waals surface area contributed by atoms with Crippen molar-refractivity contribution in [3.8, 4) is 0 Å². The molecule has 0 radical (unpaired) electrons. The Hall–Kier alpha value is -0.790. The molecule has 0 saturated heterocycles. The Balaban J connectivity index is 2.08. The summed E-state index contributed by atoms with van der Waals surface area (Å²) < 4.78 is 0. The quantitative estimate of drug-likeness (QED) is 0.653. The van der Waals surface area contributed by atoms with Crippen molar-refractivity contribution in [3.63, 3.8) is 0 Å². The van der Waals surface area contributed by atoms with Gasteiger partial charge in [0.25, 0.3) is 0 Å². The minimum absolute atomic E-state index is 0.733. The molecule has 2 atom stereocenters. The van der Waals surface area contributed by atoms with Gasteiger partial charge in [-0.1, -0.05) is 13.3 Å². The van der Waals surface area contributed by atoms with E-state index in [0.717, 1.165) is 11.8 Å². The van der Waals surface area contributed by atoms with E-state index in [4.69, 9.17) is 0 Å². The van der Waals surface area contributed by atoms with E-state index in [2.05, 4.69) is 23.2 Å². The van der Waals surface area contributed by atoms with E-state index >= 15 is 0 Å². The predicted octanol–water partition coefficient (Wildman–Crippen LogP) is 2.31. The van der Waals surface area contributed by atoms with Crippen LogP contribution in [0.4, 0.5) is 0 Å². The molecule has 2 unspecified atom stereocenters. The standard InChI is InChI=1S/C9H14N2/c1-7-2-3-8(6-7)9-4-5-10-11-9/h4-5,7-8H,2-3,6H2,1H3,(H,10,11). The minimum atomic E-state index is 0.733. The monoisotopic (exact) mass is 150 g/mol. The Kier molecular flexibility index (Phi) is 1.68. The van der Waals surface area contributed by atoms with Crippen LogP contribution >= 0.6 is 0 Å². The first-order valence-electron chi connectivity index (χ1n) is 4.36. The number of nitrogens with zero attached hydrogens (tertiary/aromatic N) is 1. The summed E-state index contributed by atoms with van der Waals surface area (Å²) in [6.07, 6.45) is 5.94. The van der Waals surface area contributed by atoms with E-state index in [1.165, 1.54) is 25.0 Å². The summed E-state index contributed by atoms with van der Waals surface area (Å²) in [6.45, 7) is 2.33. The summed E-state index contributed by atoms with van der Waals surface area (Å²) in [5.41, 5.74) is 1.26. The van der Waals surface area contributed by atoms with Gasteiger partial charge in [0.15, 0.2) is 0 Å². The van der Waals surface area contributed by atoms with E-state index < -0.39 is 0 Å². The highest BCUT2D eigenvalue weighted by atomic mass is 15.1. The smallest absolute Gasteiger partial charge is 0.0653 e. The molecule has 1 aliphatic carbocycles. The Morgan fingerprint density at radius 3 is 3.00 bits per heavy atom. The maximum absolute atomic E-state index is 4.21. The largest absolute Gasteiger partial charge is 0.285 e. The minimum Gasteiger partial charge on any atom is -0.285 e. The number of aromatic amines is 1. The Morgan fingerprint density at radius 1 is 1.55 bits per heavy atom. The van der Waals surface area contributed by atoms with Gasteiger partial charge in [-0.3, -0.25) is 5.10 Å². The van der Waals surface area contributed by atoms with Gasteiger partial charge in [-0.25, -0.2) is 0 Å². The van der Waals surface area contributed by atoms with Crippen LogP contribution in [0.1, 0.15) is 37.8 Å². The van der Waals surface area contributed by atoms with Gasteiger partial charge in [0.05, 0.1) is 5.69 Å². The topological polar surface area (TPSA) is 28.7 Å². The van der Waals surface area contributed by atoms with Crippen LogP contribution in [0.25, 0.3) is 0 Å². The van der Waals surface area contributed by atoms with E-state index in [-0.39, 0.29) is 0 Å². The molecule has 1 aromatic heterocycles. The van der Waals surface area contributed by atoms with Crippen molar-refractivity contribution in [3.05, 3.63) is 18.0 Å². The zero-order valence-corrected chi connectivity index (χ0v) is 6.88. The highest BCUT2D eigenvalue weighted by Crippen LogP contribution is 2.36. The summed E-state index contributed by atoms with van der Waals surface area (Å²) in [7, 11) is 0. The molecule has 0 amide bonds. The summed E-state index contributed by atoms with van der Waals surface area (Å²) in [5.74, 6) is 1.63. The third-order valence-corrected chi connectivity index (χ3v) is 2.64. The summed E-state index contributed by atoms with van der Waals surface area (Å²) in [4.78, 5) is 0. The van der Waals surface area contributed by atoms with E-state index in [1.54, 1.807) is 0 Å². The molecule has 2 rings (SSSR count). The van der Waals surface area contributed by atoms with E-state index in [1.807, 2.05) is 6.20 Å². The fourth-order valence-electron chi connectivity index (χ4n) is 1.97. The number of aromatic nitrogens is 2. The van der Waals surface area contributed by atoms with Gasteiger partial charge in [-0.15, -0.1) is 0 Å². The van der Waals surface area contributed by atoms with Crippen molar-refractivity contribution in [1.29, 1.82) is 0 Å². The molecule has 1 saturated carbocycles. The highest BCUT2D eigenvalue weighted by molar-refractivity contribution is 5.07. The third kappa shape index (κ3) is 1.30. The Morgan fingerprint density at radius 2 is 2.45 bits per heavy atom. The van der Waals surface area contributed by atoms with Crippen LogP contribution in [-0.4, -0.2) is 10.2 Å². The van der Waals surface area contributed by atoms with Gasteiger partial charge >= 0.3 is 0 Å². The van der Waals surface area contributed by atoms with Gasteiger partial charge in [0, 0.05) is 12.1 Å². The summed E-state index contributed by atoms with van der Waals surface area (Å²) in [5, 5.41) is 7.08. The van der Waals surface area contributed by atoms with Gasteiger partial charge in [0.2, 0.25) is 0 Å². The van der Waals surface area contributed by atoms with Crippen LogP contribution in [0.3, 0.4) is 0 Å². The molecule has 0 aromatic carbocycles. The second kappa shape index (κ2) is 2.68. The van der Waals surface area contributed by atoms with Crippen molar-refractivity contribution in [2.24, 2.45) is 5.92 Å². The number of nitrogens with one attached hydrogen (secondary N) is 1. The summed E-state index contributed by atoms with van der Waals surface area (Å²) in [6, 6.07) is 2.10. The molecule has 1 heterocycles. The lowest BCUT2D eigenvalue weighted by atomic mass is 10.0. The lowest BCUT2D eigenvalue weighted by Crippen LogP contribution is -1.93. The maximum atomic E-state index is 4.21. The van der Waals surface area contributed by atoms with E-state index in [0.29, 0.717) is 0 Å². The fourth-order valence-corrected chi connectivity index (χ4v) is 1.97. The molecule has 1 fully saturated rings. The Labute approximate surface area is 67.0 Å². The molecule has 1 aromatic rings. The lowest BCUT2D eigenvalue weighted by Gasteiger charge is -2.03. The number of rotatable bonds is 1. The van der Waals surface area contributed by atoms with Crippen LogP contribution in [0.2, 0.25) is 0 Å². The van der Waals surface area contributed by atoms with E-state index in [9.17, 15) is 0 Å². The molecule has 0 spiro atoms. The van der Waals surface area contributed by atoms with Crippen LogP contribution in [0.15, 0.2) is 12.3 Å². The van der Waals surface area contributed by atoms with Crippen molar-refractivity contribution in [2.75, 3.05) is 0 Å². The van der Waals surface area contributed by atoms with Crippen LogP contribution in [0, 0.1) is 5.92 Å². The first-order valence-corrected chi connectivity index (χ1v) is 4.36. The third-order valence-electron chi connectivity index (χ3n) is 2.64. The SMILES string of the molecule is CC1CCC(c2cc[nH]n2)C1. The van der Waals surface area contributed by atoms with Crippen molar-refractivity contribution in [2.45, 2.75) is 32.1 Å². The normalized spacial score (nSPS) is 31.0. The van der Waals surface area contributed by atoms with Gasteiger partial charge in [-0.05, 0) is 24.8 Å². The first kappa shape index (κ1) is 6.89. The van der Waals surface area contributed by atoms with Gasteiger partial charge < -0.3 is 0 Å². The first-order chi connectivity index (χ1) is 5.36. The van der Waals surface area contributed by atoms with Crippen LogP contribution in [0.5, 0.6) is 0 Å². The summed E-state index contributed by atoms with van der Waals surface area (Å²) >= 11 is 0. The molecule has 1 N–H and O–H groups in total. The zero-order valence-electron chi connectivity index (χ0n) is 6.88. The predicted molar refractivity (Wildman–Crippen MR) is 44.3 cm³/mol. The molecule has 0 aliphatic heterocycles. The van der Waals surface area contributed by atoms with Crippen molar-refractivity contribution < 1.29 is 0 Å². The maximum Gasteiger partial charge on any atom is 0.0653 e. The number of hydrogen-bond acceptors (Lipinski definition) is 1. The second-order valence-corrected chi connectivity index (χ2v) is 3.61. The van der Waals surface area contributed by atoms with Gasteiger partial charge in [0.1, 0.15) is 0 Å². The molecular weight excluding hydrogens is 136 g/mol. The zero-order chi connectivity index (χ0) is 7.68. The molecule has 1 aliphatic rings. The van der Waals surface area contributed by atoms with Crippen molar-refractivity contribution >= 4 is 0 Å². The molecule has 2 heteroatoms. The van der Waals surface area contributed by atoms with Crippen LogP contribution < -0.4 is 0 Å². The number of H-pyrrole nitrogens is 1. The average Bonchev–Trinajstić information content (AvgIpc) is 2.55. The molecular formula is C9H14N2. The molecule has 2 nitrogen and oxygen atoms in total.